The SMILES string of the molecule is O=CC1CCCCC(c2ccccc2-c2ccccc2)N1Cc1cccc(-c2nccs2)c1. The first-order valence-corrected chi connectivity index (χ1v) is 12.6. The van der Waals surface area contributed by atoms with E-state index in [2.05, 4.69) is 88.7 Å². The maximum absolute atomic E-state index is 12.2. The van der Waals surface area contributed by atoms with Gasteiger partial charge in [-0.05, 0) is 41.2 Å². The van der Waals surface area contributed by atoms with E-state index in [0.717, 1.165) is 49.1 Å². The van der Waals surface area contributed by atoms with Crippen LogP contribution in [0.4, 0.5) is 0 Å². The largest absolute Gasteiger partial charge is 0.302 e. The minimum Gasteiger partial charge on any atom is -0.302 e. The van der Waals surface area contributed by atoms with Gasteiger partial charge in [-0.15, -0.1) is 11.3 Å². The van der Waals surface area contributed by atoms with Crippen LogP contribution in [0.5, 0.6) is 0 Å². The summed E-state index contributed by atoms with van der Waals surface area (Å²) in [5, 5.41) is 3.04. The van der Waals surface area contributed by atoms with Crippen LogP contribution >= 0.6 is 11.3 Å². The van der Waals surface area contributed by atoms with Gasteiger partial charge in [-0.2, -0.15) is 0 Å². The average Bonchev–Trinajstić information content (AvgIpc) is 3.34. The highest BCUT2D eigenvalue weighted by molar-refractivity contribution is 7.13. The molecule has 1 aliphatic rings. The van der Waals surface area contributed by atoms with Gasteiger partial charge in [0.1, 0.15) is 11.3 Å². The van der Waals surface area contributed by atoms with Crippen LogP contribution < -0.4 is 0 Å². The van der Waals surface area contributed by atoms with Crippen molar-refractivity contribution < 1.29 is 4.79 Å². The molecule has 0 aliphatic carbocycles. The molecule has 166 valence electrons. The lowest BCUT2D eigenvalue weighted by atomic mass is 9.91. The molecule has 33 heavy (non-hydrogen) atoms. The Morgan fingerprint density at radius 1 is 0.909 bits per heavy atom. The summed E-state index contributed by atoms with van der Waals surface area (Å²) in [5.41, 5.74) is 6.16. The van der Waals surface area contributed by atoms with E-state index in [9.17, 15) is 4.79 Å². The number of hydrogen-bond donors (Lipinski definition) is 0. The number of likely N-dealkylation sites (tertiary alicyclic amines) is 1. The number of thiazole rings is 1. The monoisotopic (exact) mass is 452 g/mol. The van der Waals surface area contributed by atoms with Crippen molar-refractivity contribution in [3.63, 3.8) is 0 Å². The molecule has 1 fully saturated rings. The van der Waals surface area contributed by atoms with Gasteiger partial charge in [-0.3, -0.25) is 4.90 Å². The van der Waals surface area contributed by atoms with E-state index < -0.39 is 0 Å². The number of aromatic nitrogens is 1. The third-order valence-electron chi connectivity index (χ3n) is 6.59. The maximum Gasteiger partial charge on any atom is 0.137 e. The molecule has 4 aromatic rings. The van der Waals surface area contributed by atoms with Crippen molar-refractivity contribution in [1.82, 2.24) is 9.88 Å². The number of carbonyl (C=O) groups is 1. The quantitative estimate of drug-likeness (QED) is 0.291. The standard InChI is InChI=1S/C29H28N2OS/c32-21-25-13-4-7-16-28(27-15-6-5-14-26(27)23-10-2-1-3-11-23)31(25)20-22-9-8-12-24(19-22)29-30-17-18-33-29/h1-3,5-6,8-12,14-15,17-19,21,25,28H,4,7,13,16,20H2. The molecular weight excluding hydrogens is 424 g/mol. The van der Waals surface area contributed by atoms with Crippen LogP contribution in [0, 0.1) is 0 Å². The molecular formula is C29H28N2OS. The van der Waals surface area contributed by atoms with Gasteiger partial charge in [-0.25, -0.2) is 4.98 Å². The lowest BCUT2D eigenvalue weighted by molar-refractivity contribution is -0.113. The zero-order valence-electron chi connectivity index (χ0n) is 18.6. The van der Waals surface area contributed by atoms with Crippen molar-refractivity contribution in [2.45, 2.75) is 44.3 Å². The number of nitrogens with zero attached hydrogens (tertiary/aromatic N) is 2. The molecule has 2 heterocycles. The Bertz CT molecular complexity index is 1190. The number of rotatable bonds is 6. The second kappa shape index (κ2) is 10.2. The summed E-state index contributed by atoms with van der Waals surface area (Å²) >= 11 is 1.66. The van der Waals surface area contributed by atoms with Crippen molar-refractivity contribution >= 4 is 17.6 Å². The van der Waals surface area contributed by atoms with Crippen LogP contribution in [0.25, 0.3) is 21.7 Å². The second-order valence-electron chi connectivity index (χ2n) is 8.67. The molecule has 3 nitrogen and oxygen atoms in total. The Morgan fingerprint density at radius 2 is 1.70 bits per heavy atom. The Balaban J connectivity index is 1.53. The predicted octanol–water partition coefficient (Wildman–Crippen LogP) is 7.16. The Labute approximate surface area is 199 Å². The summed E-state index contributed by atoms with van der Waals surface area (Å²) in [6.45, 7) is 0.746. The normalized spacial score (nSPS) is 19.2. The first-order valence-electron chi connectivity index (χ1n) is 11.7. The Kier molecular flexibility index (Phi) is 6.75. The minimum absolute atomic E-state index is 0.0788. The van der Waals surface area contributed by atoms with Gasteiger partial charge in [0.25, 0.3) is 0 Å². The Hall–Kier alpha value is -3.08. The van der Waals surface area contributed by atoms with E-state index in [1.807, 2.05) is 11.6 Å². The minimum atomic E-state index is -0.0788. The molecule has 0 radical (unpaired) electrons. The molecule has 2 atom stereocenters. The topological polar surface area (TPSA) is 33.2 Å². The number of aldehydes is 1. The molecule has 1 saturated heterocycles. The van der Waals surface area contributed by atoms with Gasteiger partial charge < -0.3 is 4.79 Å². The molecule has 0 spiro atoms. The highest BCUT2D eigenvalue weighted by atomic mass is 32.1. The van der Waals surface area contributed by atoms with Crippen molar-refractivity contribution in [1.29, 1.82) is 0 Å². The summed E-state index contributed by atoms with van der Waals surface area (Å²) in [7, 11) is 0. The highest BCUT2D eigenvalue weighted by Gasteiger charge is 2.31. The zero-order valence-corrected chi connectivity index (χ0v) is 19.5. The lowest BCUT2D eigenvalue weighted by Crippen LogP contribution is -2.38. The van der Waals surface area contributed by atoms with Crippen LogP contribution in [-0.2, 0) is 11.3 Å². The lowest BCUT2D eigenvalue weighted by Gasteiger charge is -2.35. The molecule has 5 rings (SSSR count). The zero-order chi connectivity index (χ0) is 22.5. The van der Waals surface area contributed by atoms with Crippen LogP contribution in [-0.4, -0.2) is 22.2 Å². The first kappa shape index (κ1) is 21.7. The summed E-state index contributed by atoms with van der Waals surface area (Å²) in [4.78, 5) is 19.2. The van der Waals surface area contributed by atoms with Gasteiger partial charge in [-0.1, -0.05) is 85.6 Å². The van der Waals surface area contributed by atoms with E-state index in [-0.39, 0.29) is 12.1 Å². The van der Waals surface area contributed by atoms with Gasteiger partial charge in [0.2, 0.25) is 0 Å². The number of carbonyl (C=O) groups excluding carboxylic acids is 1. The number of benzene rings is 3. The van der Waals surface area contributed by atoms with Crippen LogP contribution in [0.3, 0.4) is 0 Å². The molecule has 0 saturated carbocycles. The van der Waals surface area contributed by atoms with E-state index in [1.165, 1.54) is 22.3 Å². The summed E-state index contributed by atoms with van der Waals surface area (Å²) in [6.07, 6.45) is 7.20. The third kappa shape index (κ3) is 4.82. The van der Waals surface area contributed by atoms with Crippen LogP contribution in [0.15, 0.2) is 90.4 Å². The first-order chi connectivity index (χ1) is 16.3. The van der Waals surface area contributed by atoms with E-state index >= 15 is 0 Å². The van der Waals surface area contributed by atoms with E-state index in [4.69, 9.17) is 0 Å². The third-order valence-corrected chi connectivity index (χ3v) is 7.41. The molecule has 0 amide bonds. The smallest absolute Gasteiger partial charge is 0.137 e. The fourth-order valence-corrected chi connectivity index (χ4v) is 5.64. The maximum atomic E-state index is 12.2. The Morgan fingerprint density at radius 3 is 2.52 bits per heavy atom. The summed E-state index contributed by atoms with van der Waals surface area (Å²) in [6, 6.07) is 28.0. The van der Waals surface area contributed by atoms with Gasteiger partial charge in [0, 0.05) is 29.7 Å². The number of hydrogen-bond acceptors (Lipinski definition) is 4. The van der Waals surface area contributed by atoms with Crippen molar-refractivity contribution in [3.05, 3.63) is 102 Å². The summed E-state index contributed by atoms with van der Waals surface area (Å²) < 4.78 is 0. The second-order valence-corrected chi connectivity index (χ2v) is 9.56. The summed E-state index contributed by atoms with van der Waals surface area (Å²) in [5.74, 6) is 0. The molecule has 3 aromatic carbocycles. The van der Waals surface area contributed by atoms with Crippen molar-refractivity contribution in [3.8, 4) is 21.7 Å². The molecule has 1 aliphatic heterocycles. The van der Waals surface area contributed by atoms with Gasteiger partial charge in [0.15, 0.2) is 0 Å². The molecule has 0 bridgehead atoms. The average molecular weight is 453 g/mol. The fourth-order valence-electron chi connectivity index (χ4n) is 5.01. The molecule has 0 N–H and O–H groups in total. The predicted molar refractivity (Wildman–Crippen MR) is 136 cm³/mol. The van der Waals surface area contributed by atoms with Crippen LogP contribution in [0.1, 0.15) is 42.9 Å². The van der Waals surface area contributed by atoms with E-state index in [0.29, 0.717) is 0 Å². The van der Waals surface area contributed by atoms with Crippen molar-refractivity contribution in [2.75, 3.05) is 0 Å². The van der Waals surface area contributed by atoms with E-state index in [1.54, 1.807) is 11.3 Å². The highest BCUT2D eigenvalue weighted by Crippen LogP contribution is 2.39. The van der Waals surface area contributed by atoms with Crippen LogP contribution in [0.2, 0.25) is 0 Å². The fraction of sp³-hybridized carbons (Fsp3) is 0.241. The molecule has 1 aromatic heterocycles. The molecule has 4 heteroatoms. The van der Waals surface area contributed by atoms with Crippen molar-refractivity contribution in [2.24, 2.45) is 0 Å². The van der Waals surface area contributed by atoms with Gasteiger partial charge >= 0.3 is 0 Å². The van der Waals surface area contributed by atoms with Gasteiger partial charge in [0.05, 0.1) is 6.04 Å². The molecule has 2 unspecified atom stereocenters.